The molecule has 22 heavy (non-hydrogen) atoms. The number of amides is 1. The maximum Gasteiger partial charge on any atom is 0.328 e. The van der Waals surface area contributed by atoms with E-state index in [0.717, 1.165) is 12.0 Å². The average molecular weight is 307 g/mol. The minimum atomic E-state index is -0.766. The van der Waals surface area contributed by atoms with Crippen LogP contribution in [0.2, 0.25) is 0 Å². The van der Waals surface area contributed by atoms with E-state index >= 15 is 0 Å². The van der Waals surface area contributed by atoms with E-state index in [-0.39, 0.29) is 5.91 Å². The summed E-state index contributed by atoms with van der Waals surface area (Å²) in [6.45, 7) is 0.577. The molecule has 1 N–H and O–H groups in total. The van der Waals surface area contributed by atoms with Crippen LogP contribution in [0.5, 0.6) is 5.75 Å². The van der Waals surface area contributed by atoms with Gasteiger partial charge in [-0.3, -0.25) is 4.79 Å². The smallest absolute Gasteiger partial charge is 0.328 e. The van der Waals surface area contributed by atoms with Gasteiger partial charge >= 0.3 is 5.97 Å². The van der Waals surface area contributed by atoms with Crippen LogP contribution in [0, 0.1) is 0 Å². The largest absolute Gasteiger partial charge is 0.496 e. The Bertz CT molecular complexity index is 525. The highest BCUT2D eigenvalue weighted by molar-refractivity contribution is 5.87. The number of para-hydroxylation sites is 1. The van der Waals surface area contributed by atoms with Gasteiger partial charge in [0.2, 0.25) is 5.91 Å². The Kier molecular flexibility index (Phi) is 5.77. The van der Waals surface area contributed by atoms with Gasteiger partial charge in [0, 0.05) is 13.0 Å². The van der Waals surface area contributed by atoms with Gasteiger partial charge in [0.25, 0.3) is 0 Å². The molecule has 1 aliphatic heterocycles. The maximum absolute atomic E-state index is 12.1. The molecule has 0 aromatic heterocycles. The summed E-state index contributed by atoms with van der Waals surface area (Å²) in [7, 11) is 2.87. The number of benzene rings is 1. The van der Waals surface area contributed by atoms with Crippen LogP contribution in [0.15, 0.2) is 24.3 Å². The summed E-state index contributed by atoms with van der Waals surface area (Å²) in [5.74, 6) is -0.0946. The SMILES string of the molecule is COC(=O)[C@@H](Cc1ccccc1OC)NC(=O)[C@@H]1CCCO1. The molecule has 6 heteroatoms. The van der Waals surface area contributed by atoms with Crippen molar-refractivity contribution < 1.29 is 23.8 Å². The van der Waals surface area contributed by atoms with Gasteiger partial charge in [-0.25, -0.2) is 4.79 Å². The second-order valence-corrected chi connectivity index (χ2v) is 5.10. The van der Waals surface area contributed by atoms with Crippen molar-refractivity contribution in [2.24, 2.45) is 0 Å². The van der Waals surface area contributed by atoms with Crippen molar-refractivity contribution in [1.82, 2.24) is 5.32 Å². The average Bonchev–Trinajstić information content (AvgIpc) is 3.08. The molecule has 1 aromatic rings. The maximum atomic E-state index is 12.1. The number of esters is 1. The van der Waals surface area contributed by atoms with Gasteiger partial charge in [-0.1, -0.05) is 18.2 Å². The Morgan fingerprint density at radius 3 is 2.77 bits per heavy atom. The standard InChI is InChI=1S/C16H21NO5/c1-20-13-7-4-3-6-11(13)10-12(16(19)21-2)17-15(18)14-8-5-9-22-14/h3-4,6-7,12,14H,5,8-10H2,1-2H3,(H,17,18)/t12-,14+/m1/s1. The van der Waals surface area contributed by atoms with Gasteiger partial charge in [0.15, 0.2) is 0 Å². The van der Waals surface area contributed by atoms with Gasteiger partial charge in [0.1, 0.15) is 17.9 Å². The van der Waals surface area contributed by atoms with Gasteiger partial charge in [-0.15, -0.1) is 0 Å². The number of carbonyl (C=O) groups excluding carboxylic acids is 2. The predicted octanol–water partition coefficient (Wildman–Crippen LogP) is 1.07. The van der Waals surface area contributed by atoms with Crippen molar-refractivity contribution >= 4 is 11.9 Å². The Hall–Kier alpha value is -2.08. The Morgan fingerprint density at radius 2 is 2.14 bits per heavy atom. The Balaban J connectivity index is 2.08. The van der Waals surface area contributed by atoms with Crippen LogP contribution in [0.4, 0.5) is 0 Å². The molecular weight excluding hydrogens is 286 g/mol. The number of ether oxygens (including phenoxy) is 3. The molecule has 0 saturated carbocycles. The van der Waals surface area contributed by atoms with Crippen LogP contribution < -0.4 is 10.1 Å². The number of hydrogen-bond acceptors (Lipinski definition) is 5. The lowest BCUT2D eigenvalue weighted by atomic mass is 10.0. The first-order chi connectivity index (χ1) is 10.7. The lowest BCUT2D eigenvalue weighted by molar-refractivity contribution is -0.146. The van der Waals surface area contributed by atoms with E-state index in [0.29, 0.717) is 25.2 Å². The van der Waals surface area contributed by atoms with E-state index in [4.69, 9.17) is 14.2 Å². The molecule has 1 fully saturated rings. The fourth-order valence-corrected chi connectivity index (χ4v) is 2.48. The molecule has 2 rings (SSSR count). The lowest BCUT2D eigenvalue weighted by Gasteiger charge is -2.19. The van der Waals surface area contributed by atoms with E-state index in [2.05, 4.69) is 5.32 Å². The molecule has 2 atom stereocenters. The van der Waals surface area contributed by atoms with E-state index in [9.17, 15) is 9.59 Å². The van der Waals surface area contributed by atoms with Crippen LogP contribution in [-0.4, -0.2) is 44.8 Å². The monoisotopic (exact) mass is 307 g/mol. The number of nitrogens with one attached hydrogen (secondary N) is 1. The molecule has 1 amide bonds. The second-order valence-electron chi connectivity index (χ2n) is 5.10. The summed E-state index contributed by atoms with van der Waals surface area (Å²) in [6, 6.07) is 6.60. The van der Waals surface area contributed by atoms with E-state index in [1.807, 2.05) is 24.3 Å². The third-order valence-electron chi connectivity index (χ3n) is 3.64. The zero-order chi connectivity index (χ0) is 15.9. The first-order valence-electron chi connectivity index (χ1n) is 7.27. The predicted molar refractivity (Wildman–Crippen MR) is 79.6 cm³/mol. The van der Waals surface area contributed by atoms with E-state index in [1.54, 1.807) is 7.11 Å². The minimum absolute atomic E-state index is 0.275. The zero-order valence-corrected chi connectivity index (χ0v) is 12.8. The summed E-state index contributed by atoms with van der Waals surface area (Å²) in [6.07, 6.45) is 1.35. The summed E-state index contributed by atoms with van der Waals surface area (Å²) in [5, 5.41) is 2.72. The van der Waals surface area contributed by atoms with Crippen LogP contribution in [0.1, 0.15) is 18.4 Å². The Morgan fingerprint density at radius 1 is 1.36 bits per heavy atom. The van der Waals surface area contributed by atoms with Crippen molar-refractivity contribution in [2.75, 3.05) is 20.8 Å². The molecule has 1 saturated heterocycles. The van der Waals surface area contributed by atoms with Crippen molar-refractivity contribution in [3.8, 4) is 5.75 Å². The molecule has 1 aromatic carbocycles. The lowest BCUT2D eigenvalue weighted by Crippen LogP contribution is -2.47. The van der Waals surface area contributed by atoms with Crippen LogP contribution in [0.3, 0.4) is 0 Å². The van der Waals surface area contributed by atoms with Gasteiger partial charge in [-0.05, 0) is 24.5 Å². The third-order valence-corrected chi connectivity index (χ3v) is 3.64. The third kappa shape index (κ3) is 3.98. The molecule has 120 valence electrons. The first-order valence-corrected chi connectivity index (χ1v) is 7.27. The van der Waals surface area contributed by atoms with Crippen LogP contribution in [-0.2, 0) is 25.5 Å². The zero-order valence-electron chi connectivity index (χ0n) is 12.8. The van der Waals surface area contributed by atoms with Crippen molar-refractivity contribution in [2.45, 2.75) is 31.4 Å². The molecule has 1 heterocycles. The molecule has 0 radical (unpaired) electrons. The summed E-state index contributed by atoms with van der Waals surface area (Å²) < 4.78 is 15.4. The van der Waals surface area contributed by atoms with Crippen LogP contribution in [0.25, 0.3) is 0 Å². The van der Waals surface area contributed by atoms with Gasteiger partial charge in [-0.2, -0.15) is 0 Å². The molecular formula is C16H21NO5. The molecule has 0 bridgehead atoms. The fourth-order valence-electron chi connectivity index (χ4n) is 2.48. The number of methoxy groups -OCH3 is 2. The number of rotatable bonds is 6. The molecule has 6 nitrogen and oxygen atoms in total. The number of hydrogen-bond donors (Lipinski definition) is 1. The summed E-state index contributed by atoms with van der Waals surface area (Å²) in [5.41, 5.74) is 0.827. The molecule has 0 aliphatic carbocycles. The van der Waals surface area contributed by atoms with Crippen molar-refractivity contribution in [3.05, 3.63) is 29.8 Å². The topological polar surface area (TPSA) is 73.9 Å². The first kappa shape index (κ1) is 16.3. The van der Waals surface area contributed by atoms with Crippen molar-refractivity contribution in [3.63, 3.8) is 0 Å². The van der Waals surface area contributed by atoms with E-state index in [1.165, 1.54) is 7.11 Å². The van der Waals surface area contributed by atoms with Crippen LogP contribution >= 0.6 is 0 Å². The quantitative estimate of drug-likeness (QED) is 0.796. The van der Waals surface area contributed by atoms with Gasteiger partial charge in [0.05, 0.1) is 14.2 Å². The highest BCUT2D eigenvalue weighted by Crippen LogP contribution is 2.20. The molecule has 0 unspecified atom stereocenters. The molecule has 0 spiro atoms. The fraction of sp³-hybridized carbons (Fsp3) is 0.500. The highest BCUT2D eigenvalue weighted by Gasteiger charge is 2.29. The molecule has 1 aliphatic rings. The Labute approximate surface area is 129 Å². The summed E-state index contributed by atoms with van der Waals surface area (Å²) >= 11 is 0. The second kappa shape index (κ2) is 7.79. The highest BCUT2D eigenvalue weighted by atomic mass is 16.5. The van der Waals surface area contributed by atoms with Gasteiger partial charge < -0.3 is 19.5 Å². The number of carbonyl (C=O) groups is 2. The normalized spacial score (nSPS) is 18.5. The summed E-state index contributed by atoms with van der Waals surface area (Å²) in [4.78, 5) is 24.1. The van der Waals surface area contributed by atoms with Crippen molar-refractivity contribution in [1.29, 1.82) is 0 Å². The van der Waals surface area contributed by atoms with E-state index < -0.39 is 18.1 Å². The minimum Gasteiger partial charge on any atom is -0.496 e.